The number of Topliss-reactive ketones (excluding diaryl/α,β-unsaturated/α-hetero) is 1. The molecule has 34 heavy (non-hydrogen) atoms. The van der Waals surface area contributed by atoms with Crippen LogP contribution in [-0.2, 0) is 0 Å². The Kier molecular flexibility index (Phi) is 5.21. The fourth-order valence-electron chi connectivity index (χ4n) is 4.00. The molecule has 5 rings (SSSR count). The van der Waals surface area contributed by atoms with E-state index in [0.717, 1.165) is 35.3 Å². The number of fused-ring (bicyclic) bond motifs is 1. The zero-order valence-electron chi connectivity index (χ0n) is 19.3. The number of pyridine rings is 1. The maximum atomic E-state index is 12.3. The average Bonchev–Trinajstić information content (AvgIpc) is 3.48. The summed E-state index contributed by atoms with van der Waals surface area (Å²) in [6.45, 7) is 3.96. The van der Waals surface area contributed by atoms with Crippen molar-refractivity contribution in [3.05, 3.63) is 60.0 Å². The summed E-state index contributed by atoms with van der Waals surface area (Å²) >= 11 is 0. The lowest BCUT2D eigenvalue weighted by Gasteiger charge is -2.23. The minimum atomic E-state index is -0.346. The summed E-state index contributed by atoms with van der Waals surface area (Å²) in [5.74, 6) is 1.79. The molecule has 170 valence electrons. The highest BCUT2D eigenvalue weighted by Gasteiger charge is 2.44. The van der Waals surface area contributed by atoms with Gasteiger partial charge in [-0.15, -0.1) is 5.10 Å². The smallest absolute Gasteiger partial charge is 0.163 e. The summed E-state index contributed by atoms with van der Waals surface area (Å²) in [4.78, 5) is 23.6. The SMILES string of the molecule is CC(=O)c1ccc(-n2cnc3ccc(Nc4ccc(C)nn4)cc32)nc1N(C)CC1(C#N)CC1. The Morgan fingerprint density at radius 2 is 2.03 bits per heavy atom. The first kappa shape index (κ1) is 21.5. The van der Waals surface area contributed by atoms with Gasteiger partial charge < -0.3 is 10.2 Å². The van der Waals surface area contributed by atoms with E-state index in [4.69, 9.17) is 4.98 Å². The molecule has 1 aliphatic carbocycles. The molecule has 0 aliphatic heterocycles. The third kappa shape index (κ3) is 4.06. The van der Waals surface area contributed by atoms with E-state index < -0.39 is 0 Å². The second-order valence-corrected chi connectivity index (χ2v) is 8.85. The van der Waals surface area contributed by atoms with Crippen LogP contribution in [0.5, 0.6) is 0 Å². The van der Waals surface area contributed by atoms with Gasteiger partial charge in [-0.1, -0.05) is 0 Å². The minimum Gasteiger partial charge on any atom is -0.357 e. The molecule has 0 atom stereocenters. The number of carbonyl (C=O) groups is 1. The third-order valence-electron chi connectivity index (χ3n) is 6.10. The molecule has 1 aliphatic rings. The predicted molar refractivity (Wildman–Crippen MR) is 129 cm³/mol. The topological polar surface area (TPSA) is 113 Å². The molecular formula is C25H24N8O. The van der Waals surface area contributed by atoms with Crippen LogP contribution >= 0.6 is 0 Å². The lowest BCUT2D eigenvalue weighted by Crippen LogP contribution is -2.28. The van der Waals surface area contributed by atoms with E-state index in [9.17, 15) is 10.1 Å². The van der Waals surface area contributed by atoms with Crippen LogP contribution in [0.4, 0.5) is 17.3 Å². The number of hydrogen-bond acceptors (Lipinski definition) is 8. The second kappa shape index (κ2) is 8.23. The molecule has 9 heteroatoms. The van der Waals surface area contributed by atoms with E-state index >= 15 is 0 Å². The highest BCUT2D eigenvalue weighted by atomic mass is 16.1. The van der Waals surface area contributed by atoms with Gasteiger partial charge in [-0.2, -0.15) is 10.4 Å². The summed E-state index contributed by atoms with van der Waals surface area (Å²) in [5.41, 5.74) is 3.55. The van der Waals surface area contributed by atoms with Crippen LogP contribution < -0.4 is 10.2 Å². The molecule has 0 radical (unpaired) electrons. The summed E-state index contributed by atoms with van der Waals surface area (Å²) in [7, 11) is 1.88. The summed E-state index contributed by atoms with van der Waals surface area (Å²) < 4.78 is 1.89. The molecule has 1 N–H and O–H groups in total. The molecule has 0 spiro atoms. The number of nitriles is 1. The van der Waals surface area contributed by atoms with E-state index in [2.05, 4.69) is 26.6 Å². The Labute approximate surface area is 197 Å². The Morgan fingerprint density at radius 3 is 2.71 bits per heavy atom. The maximum absolute atomic E-state index is 12.3. The zero-order valence-corrected chi connectivity index (χ0v) is 19.3. The molecule has 3 aromatic heterocycles. The Balaban J connectivity index is 1.52. The first-order chi connectivity index (χ1) is 16.4. The summed E-state index contributed by atoms with van der Waals surface area (Å²) in [6, 6.07) is 15.6. The highest BCUT2D eigenvalue weighted by Crippen LogP contribution is 2.46. The summed E-state index contributed by atoms with van der Waals surface area (Å²) in [6.07, 6.45) is 3.46. The predicted octanol–water partition coefficient (Wildman–Crippen LogP) is 4.21. The first-order valence-corrected chi connectivity index (χ1v) is 11.1. The number of hydrogen-bond donors (Lipinski definition) is 1. The average molecular weight is 453 g/mol. The quantitative estimate of drug-likeness (QED) is 0.415. The molecular weight excluding hydrogens is 428 g/mol. The maximum Gasteiger partial charge on any atom is 0.163 e. The summed E-state index contributed by atoms with van der Waals surface area (Å²) in [5, 5.41) is 21.0. The van der Waals surface area contributed by atoms with Crippen LogP contribution in [0.3, 0.4) is 0 Å². The van der Waals surface area contributed by atoms with Crippen LogP contribution in [0.1, 0.15) is 35.8 Å². The van der Waals surface area contributed by atoms with Gasteiger partial charge in [0, 0.05) is 19.3 Å². The van der Waals surface area contributed by atoms with Gasteiger partial charge in [0.15, 0.2) is 11.6 Å². The van der Waals surface area contributed by atoms with E-state index in [1.165, 1.54) is 6.92 Å². The van der Waals surface area contributed by atoms with Crippen molar-refractivity contribution in [2.45, 2.75) is 26.7 Å². The molecule has 0 bridgehead atoms. The van der Waals surface area contributed by atoms with Gasteiger partial charge in [0.1, 0.15) is 18.0 Å². The van der Waals surface area contributed by atoms with E-state index in [-0.39, 0.29) is 11.2 Å². The Morgan fingerprint density at radius 1 is 1.21 bits per heavy atom. The van der Waals surface area contributed by atoms with Gasteiger partial charge in [0.25, 0.3) is 0 Å². The molecule has 0 unspecified atom stereocenters. The largest absolute Gasteiger partial charge is 0.357 e. The van der Waals surface area contributed by atoms with Crippen molar-refractivity contribution in [2.75, 3.05) is 23.8 Å². The highest BCUT2D eigenvalue weighted by molar-refractivity contribution is 5.99. The number of rotatable bonds is 7. The second-order valence-electron chi connectivity index (χ2n) is 8.85. The molecule has 1 saturated carbocycles. The lowest BCUT2D eigenvalue weighted by molar-refractivity contribution is 0.101. The normalized spacial score (nSPS) is 13.9. The number of benzene rings is 1. The molecule has 0 amide bonds. The number of ketones is 1. The van der Waals surface area contributed by atoms with Crippen LogP contribution in [0.25, 0.3) is 16.9 Å². The third-order valence-corrected chi connectivity index (χ3v) is 6.10. The Hall–Kier alpha value is -4.32. The molecule has 3 heterocycles. The number of aromatic nitrogens is 5. The van der Waals surface area contributed by atoms with Gasteiger partial charge >= 0.3 is 0 Å². The molecule has 4 aromatic rings. The number of anilines is 3. The van der Waals surface area contributed by atoms with Crippen LogP contribution in [0, 0.1) is 23.7 Å². The van der Waals surface area contributed by atoms with Crippen molar-refractivity contribution in [1.82, 2.24) is 24.7 Å². The van der Waals surface area contributed by atoms with Crippen LogP contribution in [0.15, 0.2) is 48.8 Å². The fourth-order valence-corrected chi connectivity index (χ4v) is 4.00. The number of nitrogens with zero attached hydrogens (tertiary/aromatic N) is 7. The standard InChI is InChI=1S/C25H24N8O/c1-16-4-8-22(31-30-16)28-18-5-7-20-21(12-18)33(15-27-20)23-9-6-19(17(2)34)24(29-23)32(3)14-25(13-26)10-11-25/h4-9,12,15H,10-11,14H2,1-3H3,(H,28,31). The van der Waals surface area contributed by atoms with Crippen molar-refractivity contribution in [3.63, 3.8) is 0 Å². The van der Waals surface area contributed by atoms with Gasteiger partial charge in [-0.05, 0) is 69.2 Å². The number of imidazole rings is 1. The lowest BCUT2D eigenvalue weighted by atomic mass is 10.1. The molecule has 1 fully saturated rings. The first-order valence-electron chi connectivity index (χ1n) is 11.1. The van der Waals surface area contributed by atoms with Gasteiger partial charge in [-0.25, -0.2) is 9.97 Å². The molecule has 1 aromatic carbocycles. The fraction of sp³-hybridized carbons (Fsp3) is 0.280. The monoisotopic (exact) mass is 452 g/mol. The van der Waals surface area contributed by atoms with Crippen molar-refractivity contribution < 1.29 is 4.79 Å². The van der Waals surface area contributed by atoms with Crippen LogP contribution in [-0.4, -0.2) is 44.1 Å². The Bertz CT molecular complexity index is 1430. The van der Waals surface area contributed by atoms with Crippen molar-refractivity contribution >= 4 is 34.1 Å². The molecule has 0 saturated heterocycles. The van der Waals surface area contributed by atoms with E-state index in [1.807, 2.05) is 59.8 Å². The van der Waals surface area contributed by atoms with Crippen LogP contribution in [0.2, 0.25) is 0 Å². The van der Waals surface area contributed by atoms with E-state index in [0.29, 0.717) is 29.6 Å². The van der Waals surface area contributed by atoms with Crippen molar-refractivity contribution in [1.29, 1.82) is 5.26 Å². The number of aryl methyl sites for hydroxylation is 1. The number of carbonyl (C=O) groups excluding carboxylic acids is 1. The van der Waals surface area contributed by atoms with Crippen molar-refractivity contribution in [3.8, 4) is 11.9 Å². The van der Waals surface area contributed by atoms with Gasteiger partial charge in [0.2, 0.25) is 0 Å². The minimum absolute atomic E-state index is 0.0658. The van der Waals surface area contributed by atoms with E-state index in [1.54, 1.807) is 12.4 Å². The van der Waals surface area contributed by atoms with Gasteiger partial charge in [0.05, 0.1) is 33.8 Å². The van der Waals surface area contributed by atoms with Crippen molar-refractivity contribution in [2.24, 2.45) is 5.41 Å². The molecule has 9 nitrogen and oxygen atoms in total. The van der Waals surface area contributed by atoms with Gasteiger partial charge in [-0.3, -0.25) is 9.36 Å². The number of nitrogens with one attached hydrogen (secondary N) is 1. The zero-order chi connectivity index (χ0) is 23.9.